The lowest BCUT2D eigenvalue weighted by Crippen LogP contribution is -2.33. The Kier molecular flexibility index (Phi) is 6.65. The Balaban J connectivity index is 2.07. The Hall–Kier alpha value is -0.610. The molecular weight excluding hydrogens is 230 g/mol. The summed E-state index contributed by atoms with van der Waals surface area (Å²) in [7, 11) is 0. The maximum Gasteiger partial charge on any atom is 0.220 e. The number of aliphatic hydroxyl groups excluding tert-OH is 1. The fourth-order valence-electron chi connectivity index (χ4n) is 2.34. The highest BCUT2D eigenvalue weighted by Crippen LogP contribution is 2.22. The van der Waals surface area contributed by atoms with Gasteiger partial charge < -0.3 is 15.2 Å². The summed E-state index contributed by atoms with van der Waals surface area (Å²) in [5, 5.41) is 12.4. The molecule has 0 aromatic carbocycles. The van der Waals surface area contributed by atoms with Crippen molar-refractivity contribution in [2.45, 2.75) is 71.2 Å². The van der Waals surface area contributed by atoms with E-state index in [1.54, 1.807) is 0 Å². The summed E-state index contributed by atoms with van der Waals surface area (Å²) in [6, 6.07) is 0. The van der Waals surface area contributed by atoms with Crippen LogP contribution in [0, 0.1) is 5.92 Å². The van der Waals surface area contributed by atoms with Crippen molar-refractivity contribution in [3.63, 3.8) is 0 Å². The Bertz CT molecular complexity index is 255. The van der Waals surface area contributed by atoms with Crippen molar-refractivity contribution in [1.29, 1.82) is 0 Å². The lowest BCUT2D eigenvalue weighted by atomic mass is 10.1. The molecule has 0 aromatic heterocycles. The van der Waals surface area contributed by atoms with Crippen molar-refractivity contribution in [3.05, 3.63) is 0 Å². The Morgan fingerprint density at radius 3 is 2.72 bits per heavy atom. The number of hydrogen-bond acceptors (Lipinski definition) is 3. The maximum atomic E-state index is 11.6. The van der Waals surface area contributed by atoms with Crippen molar-refractivity contribution in [2.24, 2.45) is 5.92 Å². The number of carbonyl (C=O) groups is 1. The SMILES string of the molecule is CC(C)CC(O)CNC(=O)CCC1CCC(C)O1. The molecular formula is C14H27NO3. The number of carbonyl (C=O) groups excluding carboxylic acids is 1. The molecule has 0 radical (unpaired) electrons. The third-order valence-corrected chi connectivity index (χ3v) is 3.29. The van der Waals surface area contributed by atoms with Crippen molar-refractivity contribution < 1.29 is 14.6 Å². The Morgan fingerprint density at radius 1 is 1.44 bits per heavy atom. The molecule has 2 N–H and O–H groups in total. The van der Waals surface area contributed by atoms with Gasteiger partial charge in [-0.05, 0) is 38.5 Å². The van der Waals surface area contributed by atoms with Gasteiger partial charge >= 0.3 is 0 Å². The Morgan fingerprint density at radius 2 is 2.17 bits per heavy atom. The van der Waals surface area contributed by atoms with Crippen LogP contribution in [0.2, 0.25) is 0 Å². The van der Waals surface area contributed by atoms with Crippen LogP contribution in [0.15, 0.2) is 0 Å². The molecule has 106 valence electrons. The van der Waals surface area contributed by atoms with E-state index in [4.69, 9.17) is 4.74 Å². The highest BCUT2D eigenvalue weighted by atomic mass is 16.5. The van der Waals surface area contributed by atoms with Crippen LogP contribution in [0.25, 0.3) is 0 Å². The molecule has 0 aliphatic carbocycles. The van der Waals surface area contributed by atoms with Crippen LogP contribution < -0.4 is 5.32 Å². The van der Waals surface area contributed by atoms with Crippen molar-refractivity contribution >= 4 is 5.91 Å². The Labute approximate surface area is 110 Å². The van der Waals surface area contributed by atoms with Gasteiger partial charge in [0.25, 0.3) is 0 Å². The van der Waals surface area contributed by atoms with Crippen LogP contribution >= 0.6 is 0 Å². The van der Waals surface area contributed by atoms with Gasteiger partial charge in [0.2, 0.25) is 5.91 Å². The first-order chi connectivity index (χ1) is 8.47. The van der Waals surface area contributed by atoms with Crippen LogP contribution in [-0.4, -0.2) is 35.9 Å². The molecule has 1 amide bonds. The molecule has 3 atom stereocenters. The van der Waals surface area contributed by atoms with Crippen molar-refractivity contribution in [1.82, 2.24) is 5.32 Å². The van der Waals surface area contributed by atoms with Gasteiger partial charge in [0.1, 0.15) is 0 Å². The number of rotatable bonds is 7. The summed E-state index contributed by atoms with van der Waals surface area (Å²) >= 11 is 0. The monoisotopic (exact) mass is 257 g/mol. The van der Waals surface area contributed by atoms with Crippen LogP contribution in [-0.2, 0) is 9.53 Å². The molecule has 1 aliphatic heterocycles. The van der Waals surface area contributed by atoms with Crippen LogP contribution in [0.4, 0.5) is 0 Å². The van der Waals surface area contributed by atoms with Crippen LogP contribution in [0.5, 0.6) is 0 Å². The fraction of sp³-hybridized carbons (Fsp3) is 0.929. The molecule has 4 heteroatoms. The van der Waals surface area contributed by atoms with Gasteiger partial charge in [-0.25, -0.2) is 0 Å². The van der Waals surface area contributed by atoms with Gasteiger partial charge in [-0.3, -0.25) is 4.79 Å². The zero-order chi connectivity index (χ0) is 13.5. The third-order valence-electron chi connectivity index (χ3n) is 3.29. The minimum absolute atomic E-state index is 0.0148. The summed E-state index contributed by atoms with van der Waals surface area (Å²) < 4.78 is 5.66. The van der Waals surface area contributed by atoms with Crippen LogP contribution in [0.1, 0.15) is 52.9 Å². The molecule has 4 nitrogen and oxygen atoms in total. The zero-order valence-corrected chi connectivity index (χ0v) is 11.8. The van der Waals surface area contributed by atoms with E-state index in [1.807, 2.05) is 0 Å². The third kappa shape index (κ3) is 6.36. The summed E-state index contributed by atoms with van der Waals surface area (Å²) in [6.07, 6.45) is 4.31. The number of nitrogens with one attached hydrogen (secondary N) is 1. The predicted molar refractivity (Wildman–Crippen MR) is 71.3 cm³/mol. The zero-order valence-electron chi connectivity index (χ0n) is 11.8. The highest BCUT2D eigenvalue weighted by Gasteiger charge is 2.22. The minimum atomic E-state index is -0.434. The van der Waals surface area contributed by atoms with Gasteiger partial charge in [0, 0.05) is 13.0 Å². The molecule has 0 spiro atoms. The molecule has 1 rings (SSSR count). The largest absolute Gasteiger partial charge is 0.391 e. The molecule has 18 heavy (non-hydrogen) atoms. The van der Waals surface area contributed by atoms with E-state index in [1.165, 1.54) is 0 Å². The molecule has 1 aliphatic rings. The number of aliphatic hydroxyl groups is 1. The molecule has 0 bridgehead atoms. The van der Waals surface area contributed by atoms with Gasteiger partial charge in [0.05, 0.1) is 18.3 Å². The second-order valence-corrected chi connectivity index (χ2v) is 5.77. The van der Waals surface area contributed by atoms with Crippen molar-refractivity contribution in [2.75, 3.05) is 6.54 Å². The quantitative estimate of drug-likeness (QED) is 0.732. The summed E-state index contributed by atoms with van der Waals surface area (Å²) in [4.78, 5) is 11.6. The average molecular weight is 257 g/mol. The summed E-state index contributed by atoms with van der Waals surface area (Å²) in [6.45, 7) is 6.55. The van der Waals surface area contributed by atoms with Gasteiger partial charge in [-0.2, -0.15) is 0 Å². The van der Waals surface area contributed by atoms with Gasteiger partial charge in [0.15, 0.2) is 0 Å². The smallest absolute Gasteiger partial charge is 0.220 e. The first-order valence-corrected chi connectivity index (χ1v) is 7.07. The molecule has 0 saturated carbocycles. The standard InChI is InChI=1S/C14H27NO3/c1-10(2)8-12(16)9-15-14(17)7-6-13-5-4-11(3)18-13/h10-13,16H,4-9H2,1-3H3,(H,15,17). The molecule has 3 unspecified atom stereocenters. The van der Waals surface area contributed by atoms with E-state index >= 15 is 0 Å². The van der Waals surface area contributed by atoms with E-state index < -0.39 is 6.10 Å². The topological polar surface area (TPSA) is 58.6 Å². The highest BCUT2D eigenvalue weighted by molar-refractivity contribution is 5.75. The summed E-state index contributed by atoms with van der Waals surface area (Å²) in [5.41, 5.74) is 0. The second-order valence-electron chi connectivity index (χ2n) is 5.77. The fourth-order valence-corrected chi connectivity index (χ4v) is 2.34. The lowest BCUT2D eigenvalue weighted by molar-refractivity contribution is -0.122. The van der Waals surface area contributed by atoms with Crippen molar-refractivity contribution in [3.8, 4) is 0 Å². The first kappa shape index (κ1) is 15.4. The normalized spacial score (nSPS) is 25.4. The van der Waals surface area contributed by atoms with E-state index in [2.05, 4.69) is 26.1 Å². The van der Waals surface area contributed by atoms with Gasteiger partial charge in [-0.1, -0.05) is 13.8 Å². The number of hydrogen-bond donors (Lipinski definition) is 2. The molecule has 1 saturated heterocycles. The average Bonchev–Trinajstić information content (AvgIpc) is 2.69. The first-order valence-electron chi connectivity index (χ1n) is 7.07. The van der Waals surface area contributed by atoms with E-state index in [-0.39, 0.29) is 12.0 Å². The van der Waals surface area contributed by atoms with E-state index in [9.17, 15) is 9.90 Å². The molecule has 1 heterocycles. The maximum absolute atomic E-state index is 11.6. The lowest BCUT2D eigenvalue weighted by Gasteiger charge is -2.14. The number of ether oxygens (including phenoxy) is 1. The number of amides is 1. The van der Waals surface area contributed by atoms with E-state index in [0.717, 1.165) is 25.7 Å². The molecule has 1 fully saturated rings. The van der Waals surface area contributed by atoms with Gasteiger partial charge in [-0.15, -0.1) is 0 Å². The van der Waals surface area contributed by atoms with E-state index in [0.29, 0.717) is 25.0 Å². The second kappa shape index (κ2) is 7.74. The molecule has 0 aromatic rings. The minimum Gasteiger partial charge on any atom is -0.391 e. The predicted octanol–water partition coefficient (Wildman–Crippen LogP) is 1.86. The summed E-state index contributed by atoms with van der Waals surface area (Å²) in [5.74, 6) is 0.464. The van der Waals surface area contributed by atoms with Crippen LogP contribution in [0.3, 0.4) is 0 Å².